The van der Waals surface area contributed by atoms with Gasteiger partial charge in [-0.2, -0.15) is 0 Å². The van der Waals surface area contributed by atoms with Gasteiger partial charge in [-0.05, 0) is 60.7 Å². The third-order valence-electron chi connectivity index (χ3n) is 5.42. The van der Waals surface area contributed by atoms with Crippen LogP contribution in [0.2, 0.25) is 5.02 Å². The molecule has 0 aliphatic rings. The van der Waals surface area contributed by atoms with E-state index < -0.39 is 10.0 Å². The van der Waals surface area contributed by atoms with Crippen molar-refractivity contribution in [1.29, 1.82) is 0 Å². The average Bonchev–Trinajstić information content (AvgIpc) is 2.74. The third-order valence-corrected chi connectivity index (χ3v) is 7.15. The van der Waals surface area contributed by atoms with Crippen LogP contribution < -0.4 is 10.0 Å². The van der Waals surface area contributed by atoms with Crippen LogP contribution in [-0.2, 0) is 15.4 Å². The van der Waals surface area contributed by atoms with Crippen molar-refractivity contribution in [2.75, 3.05) is 4.72 Å². The second-order valence-corrected chi connectivity index (χ2v) is 11.3. The predicted molar refractivity (Wildman–Crippen MR) is 134 cm³/mol. The Morgan fingerprint density at radius 1 is 0.939 bits per heavy atom. The van der Waals surface area contributed by atoms with Crippen LogP contribution in [0.1, 0.15) is 60.8 Å². The van der Waals surface area contributed by atoms with Gasteiger partial charge in [0.25, 0.3) is 15.9 Å². The molecule has 0 aromatic heterocycles. The van der Waals surface area contributed by atoms with Gasteiger partial charge in [0.05, 0.1) is 21.5 Å². The number of halogens is 1. The summed E-state index contributed by atoms with van der Waals surface area (Å²) in [7, 11) is -3.79. The molecular weight excluding hydrogens is 456 g/mol. The van der Waals surface area contributed by atoms with E-state index in [1.807, 2.05) is 26.0 Å². The van der Waals surface area contributed by atoms with E-state index in [2.05, 4.69) is 42.9 Å². The average molecular weight is 485 g/mol. The summed E-state index contributed by atoms with van der Waals surface area (Å²) >= 11 is 6.26. The number of sulfonamides is 1. The van der Waals surface area contributed by atoms with Gasteiger partial charge in [0.1, 0.15) is 0 Å². The van der Waals surface area contributed by atoms with E-state index >= 15 is 0 Å². The summed E-state index contributed by atoms with van der Waals surface area (Å²) in [5.74, 6) is -0.385. The maximum absolute atomic E-state index is 12.9. The van der Waals surface area contributed by atoms with E-state index in [1.165, 1.54) is 35.9 Å². The van der Waals surface area contributed by atoms with Crippen molar-refractivity contribution in [3.05, 3.63) is 94.0 Å². The van der Waals surface area contributed by atoms with Gasteiger partial charge in [0.15, 0.2) is 0 Å². The minimum absolute atomic E-state index is 0.0465. The first-order valence-electron chi connectivity index (χ1n) is 10.7. The molecule has 174 valence electrons. The van der Waals surface area contributed by atoms with E-state index in [4.69, 9.17) is 11.6 Å². The number of hydrogen-bond donors (Lipinski definition) is 2. The van der Waals surface area contributed by atoms with Gasteiger partial charge in [-0.25, -0.2) is 8.42 Å². The molecule has 0 saturated heterocycles. The van der Waals surface area contributed by atoms with Gasteiger partial charge in [-0.1, -0.05) is 74.3 Å². The lowest BCUT2D eigenvalue weighted by Gasteiger charge is -2.21. The Balaban J connectivity index is 1.77. The topological polar surface area (TPSA) is 75.3 Å². The minimum atomic E-state index is -3.79. The van der Waals surface area contributed by atoms with Crippen LogP contribution in [0.15, 0.2) is 71.6 Å². The van der Waals surface area contributed by atoms with E-state index in [-0.39, 0.29) is 38.5 Å². The van der Waals surface area contributed by atoms with Crippen molar-refractivity contribution in [3.63, 3.8) is 0 Å². The summed E-state index contributed by atoms with van der Waals surface area (Å²) in [6, 6.07) is 18.9. The Labute approximate surface area is 201 Å². The van der Waals surface area contributed by atoms with Crippen LogP contribution in [-0.4, -0.2) is 14.3 Å². The molecule has 0 spiro atoms. The number of carbonyl (C=O) groups is 1. The molecular formula is C26H29ClN2O3S. The van der Waals surface area contributed by atoms with Crippen LogP contribution in [0.25, 0.3) is 0 Å². The van der Waals surface area contributed by atoms with Gasteiger partial charge < -0.3 is 5.32 Å². The Kier molecular flexibility index (Phi) is 7.20. The minimum Gasteiger partial charge on any atom is -0.345 e. The molecule has 0 aliphatic carbocycles. The van der Waals surface area contributed by atoms with Crippen molar-refractivity contribution in [2.24, 2.45) is 0 Å². The van der Waals surface area contributed by atoms with E-state index in [9.17, 15) is 13.2 Å². The number of nitrogens with one attached hydrogen (secondary N) is 2. The summed E-state index contributed by atoms with van der Waals surface area (Å²) in [6.07, 6.45) is 0. The molecule has 33 heavy (non-hydrogen) atoms. The first-order valence-corrected chi connectivity index (χ1v) is 12.5. The molecule has 0 bridgehead atoms. The number of benzene rings is 3. The van der Waals surface area contributed by atoms with Crippen molar-refractivity contribution in [1.82, 2.24) is 5.32 Å². The van der Waals surface area contributed by atoms with Crippen molar-refractivity contribution in [3.8, 4) is 0 Å². The number of aryl methyl sites for hydroxylation is 1. The second-order valence-electron chi connectivity index (χ2n) is 9.18. The second kappa shape index (κ2) is 9.57. The summed E-state index contributed by atoms with van der Waals surface area (Å²) in [5.41, 5.74) is 3.63. The number of amides is 1. The molecule has 3 aromatic rings. The molecule has 5 nitrogen and oxygen atoms in total. The maximum atomic E-state index is 12.9. The molecule has 0 fully saturated rings. The highest BCUT2D eigenvalue weighted by Crippen LogP contribution is 2.26. The molecule has 0 aliphatic heterocycles. The van der Waals surface area contributed by atoms with E-state index in [0.29, 0.717) is 0 Å². The van der Waals surface area contributed by atoms with Crippen LogP contribution in [0.3, 0.4) is 0 Å². The molecule has 3 rings (SSSR count). The van der Waals surface area contributed by atoms with Gasteiger partial charge in [-0.3, -0.25) is 9.52 Å². The normalized spacial score (nSPS) is 12.8. The fourth-order valence-corrected chi connectivity index (χ4v) is 4.58. The van der Waals surface area contributed by atoms with Crippen molar-refractivity contribution in [2.45, 2.75) is 51.0 Å². The molecule has 7 heteroatoms. The first-order chi connectivity index (χ1) is 15.4. The van der Waals surface area contributed by atoms with Crippen LogP contribution >= 0.6 is 11.6 Å². The first kappa shape index (κ1) is 24.8. The lowest BCUT2D eigenvalue weighted by molar-refractivity contribution is 0.0940. The molecule has 0 radical (unpaired) electrons. The molecule has 1 unspecified atom stereocenters. The van der Waals surface area contributed by atoms with Crippen molar-refractivity contribution >= 4 is 33.2 Å². The fourth-order valence-electron chi connectivity index (χ4n) is 3.32. The summed E-state index contributed by atoms with van der Waals surface area (Å²) < 4.78 is 27.9. The zero-order valence-corrected chi connectivity index (χ0v) is 21.0. The molecule has 1 atom stereocenters. The zero-order chi connectivity index (χ0) is 24.4. The summed E-state index contributed by atoms with van der Waals surface area (Å²) in [4.78, 5) is 13.1. The molecule has 2 N–H and O–H groups in total. The lowest BCUT2D eigenvalue weighted by atomic mass is 9.86. The predicted octanol–water partition coefficient (Wildman–Crippen LogP) is 6.24. The Morgan fingerprint density at radius 3 is 2.12 bits per heavy atom. The van der Waals surface area contributed by atoms with Gasteiger partial charge >= 0.3 is 0 Å². The standard InChI is InChI=1S/C26H29ClN2O3S/c1-17-6-13-22(14-7-17)33(31,32)29-21-12-15-24(27)23(16-21)25(30)28-18(2)19-8-10-20(11-9-19)26(3,4)5/h6-16,18,29H,1-5H3,(H,28,30). The van der Waals surface area contributed by atoms with Crippen LogP contribution in [0, 0.1) is 6.92 Å². The van der Waals surface area contributed by atoms with Gasteiger partial charge in [0, 0.05) is 5.69 Å². The van der Waals surface area contributed by atoms with E-state index in [0.717, 1.165) is 11.1 Å². The van der Waals surface area contributed by atoms with E-state index in [1.54, 1.807) is 12.1 Å². The van der Waals surface area contributed by atoms with Gasteiger partial charge in [-0.15, -0.1) is 0 Å². The molecule has 0 saturated carbocycles. The SMILES string of the molecule is Cc1ccc(S(=O)(=O)Nc2ccc(Cl)c(C(=O)NC(C)c3ccc(C(C)(C)C)cc3)c2)cc1. The van der Waals surface area contributed by atoms with Crippen molar-refractivity contribution < 1.29 is 13.2 Å². The molecule has 3 aromatic carbocycles. The lowest BCUT2D eigenvalue weighted by Crippen LogP contribution is -2.27. The van der Waals surface area contributed by atoms with Crippen LogP contribution in [0.4, 0.5) is 5.69 Å². The monoisotopic (exact) mass is 484 g/mol. The number of rotatable bonds is 6. The van der Waals surface area contributed by atoms with Gasteiger partial charge in [0.2, 0.25) is 0 Å². The highest BCUT2D eigenvalue weighted by Gasteiger charge is 2.19. The quantitative estimate of drug-likeness (QED) is 0.435. The highest BCUT2D eigenvalue weighted by molar-refractivity contribution is 7.92. The highest BCUT2D eigenvalue weighted by atomic mass is 35.5. The number of hydrogen-bond acceptors (Lipinski definition) is 3. The fraction of sp³-hybridized carbons (Fsp3) is 0.269. The zero-order valence-electron chi connectivity index (χ0n) is 19.4. The van der Waals surface area contributed by atoms with Crippen LogP contribution in [0.5, 0.6) is 0 Å². The third kappa shape index (κ3) is 6.15. The summed E-state index contributed by atoms with van der Waals surface area (Å²) in [6.45, 7) is 10.2. The molecule has 1 amide bonds. The number of carbonyl (C=O) groups excluding carboxylic acids is 1. The Morgan fingerprint density at radius 2 is 1.55 bits per heavy atom. The Hall–Kier alpha value is -2.83. The largest absolute Gasteiger partial charge is 0.345 e. The Bertz CT molecular complexity index is 1250. The summed E-state index contributed by atoms with van der Waals surface area (Å²) in [5, 5.41) is 3.18. The molecule has 0 heterocycles. The maximum Gasteiger partial charge on any atom is 0.261 e. The smallest absolute Gasteiger partial charge is 0.261 e. The number of anilines is 1.